The number of rotatable bonds is 6. The quantitative estimate of drug-likeness (QED) is 0.420. The number of hydrogen-bond donors (Lipinski definition) is 0. The summed E-state index contributed by atoms with van der Waals surface area (Å²) in [4.78, 5) is 11.6. The lowest BCUT2D eigenvalue weighted by Gasteiger charge is -2.01. The molecule has 0 N–H and O–H groups in total. The van der Waals surface area contributed by atoms with Crippen LogP contribution in [-0.4, -0.2) is 12.4 Å². The lowest BCUT2D eigenvalue weighted by atomic mass is 10.1. The van der Waals surface area contributed by atoms with Crippen LogP contribution in [-0.2, 0) is 4.74 Å². The maximum Gasteiger partial charge on any atom is 0.163 e. The van der Waals surface area contributed by atoms with Crippen molar-refractivity contribution in [1.29, 1.82) is 0 Å². The van der Waals surface area contributed by atoms with Crippen molar-refractivity contribution in [3.05, 3.63) is 47.7 Å². The molecule has 0 aliphatic heterocycles. The Balaban J connectivity index is 2.40. The van der Waals surface area contributed by atoms with Crippen LogP contribution in [0.4, 0.5) is 0 Å². The molecule has 0 amide bonds. The van der Waals surface area contributed by atoms with Gasteiger partial charge in [0.15, 0.2) is 5.78 Å². The molecule has 0 spiro atoms. The van der Waals surface area contributed by atoms with Gasteiger partial charge in [0.25, 0.3) is 0 Å². The van der Waals surface area contributed by atoms with Crippen molar-refractivity contribution in [3.63, 3.8) is 0 Å². The van der Waals surface area contributed by atoms with Gasteiger partial charge in [-0.05, 0) is 30.7 Å². The van der Waals surface area contributed by atoms with Crippen molar-refractivity contribution in [2.45, 2.75) is 12.8 Å². The van der Waals surface area contributed by atoms with Gasteiger partial charge in [0.2, 0.25) is 0 Å². The lowest BCUT2D eigenvalue weighted by Crippen LogP contribution is -2.00. The minimum Gasteiger partial charge on any atom is -0.502 e. The first-order chi connectivity index (χ1) is 7.24. The fraction of sp³-hybridized carbons (Fsp3) is 0.250. The Morgan fingerprint density at radius 1 is 1.40 bits per heavy atom. The number of carbonyl (C=O) groups is 1. The maximum absolute atomic E-state index is 11.6. The van der Waals surface area contributed by atoms with E-state index in [1.807, 2.05) is 0 Å². The van der Waals surface area contributed by atoms with E-state index < -0.39 is 0 Å². The van der Waals surface area contributed by atoms with Gasteiger partial charge >= 0.3 is 0 Å². The van der Waals surface area contributed by atoms with E-state index in [-0.39, 0.29) is 5.78 Å². The molecule has 1 aromatic carbocycles. The highest BCUT2D eigenvalue weighted by Crippen LogP contribution is 2.11. The van der Waals surface area contributed by atoms with Gasteiger partial charge in [-0.3, -0.25) is 4.79 Å². The van der Waals surface area contributed by atoms with Gasteiger partial charge in [-0.15, -0.1) is 0 Å². The topological polar surface area (TPSA) is 26.3 Å². The second kappa shape index (κ2) is 6.25. The average molecular weight is 225 g/mol. The van der Waals surface area contributed by atoms with Crippen LogP contribution in [0, 0.1) is 0 Å². The summed E-state index contributed by atoms with van der Waals surface area (Å²) < 4.78 is 4.93. The first kappa shape index (κ1) is 11.8. The Morgan fingerprint density at radius 3 is 2.67 bits per heavy atom. The molecule has 3 heteroatoms. The SMILES string of the molecule is C=COCCCC(=O)c1ccc(Cl)cc1. The minimum atomic E-state index is 0.110. The number of ketones is 1. The fourth-order valence-electron chi connectivity index (χ4n) is 1.18. The summed E-state index contributed by atoms with van der Waals surface area (Å²) in [7, 11) is 0. The van der Waals surface area contributed by atoms with Crippen LogP contribution in [0.3, 0.4) is 0 Å². The number of Topliss-reactive ketones (excluding diaryl/α,β-unsaturated/α-hetero) is 1. The largest absolute Gasteiger partial charge is 0.502 e. The Kier molecular flexibility index (Phi) is 4.91. The molecule has 0 aliphatic carbocycles. The summed E-state index contributed by atoms with van der Waals surface area (Å²) >= 11 is 5.72. The van der Waals surface area contributed by atoms with Gasteiger partial charge in [0.1, 0.15) is 0 Å². The third-order valence-corrected chi connectivity index (χ3v) is 2.20. The van der Waals surface area contributed by atoms with Crippen LogP contribution in [0.15, 0.2) is 37.1 Å². The van der Waals surface area contributed by atoms with Gasteiger partial charge in [-0.2, -0.15) is 0 Å². The van der Waals surface area contributed by atoms with Gasteiger partial charge in [-0.1, -0.05) is 18.2 Å². The molecular weight excluding hydrogens is 212 g/mol. The van der Waals surface area contributed by atoms with Crippen molar-refractivity contribution < 1.29 is 9.53 Å². The average Bonchev–Trinajstić information content (AvgIpc) is 2.25. The third kappa shape index (κ3) is 4.17. The Hall–Kier alpha value is -1.28. The molecule has 0 fully saturated rings. The van der Waals surface area contributed by atoms with Crippen LogP contribution in [0.5, 0.6) is 0 Å². The van der Waals surface area contributed by atoms with Crippen molar-refractivity contribution in [2.75, 3.05) is 6.61 Å². The first-order valence-electron chi connectivity index (χ1n) is 4.75. The predicted molar refractivity (Wildman–Crippen MR) is 61.2 cm³/mol. The molecule has 1 aromatic rings. The zero-order valence-electron chi connectivity index (χ0n) is 8.41. The standard InChI is InChI=1S/C12H13ClO2/c1-2-15-9-3-4-12(14)10-5-7-11(13)8-6-10/h2,5-8H,1,3-4,9H2. The molecule has 80 valence electrons. The molecule has 1 rings (SSSR count). The molecule has 2 nitrogen and oxygen atoms in total. The highest BCUT2D eigenvalue weighted by Gasteiger charge is 2.04. The minimum absolute atomic E-state index is 0.110. The molecule has 0 radical (unpaired) electrons. The van der Waals surface area contributed by atoms with Gasteiger partial charge in [0, 0.05) is 17.0 Å². The summed E-state index contributed by atoms with van der Waals surface area (Å²) in [6, 6.07) is 6.90. The maximum atomic E-state index is 11.6. The first-order valence-corrected chi connectivity index (χ1v) is 5.13. The molecule has 0 saturated heterocycles. The number of benzene rings is 1. The monoisotopic (exact) mass is 224 g/mol. The van der Waals surface area contributed by atoms with E-state index in [0.717, 1.165) is 0 Å². The van der Waals surface area contributed by atoms with Gasteiger partial charge < -0.3 is 4.74 Å². The van der Waals surface area contributed by atoms with E-state index in [1.54, 1.807) is 24.3 Å². The smallest absolute Gasteiger partial charge is 0.163 e. The van der Waals surface area contributed by atoms with Crippen molar-refractivity contribution in [2.24, 2.45) is 0 Å². The normalized spacial score (nSPS) is 9.67. The fourth-order valence-corrected chi connectivity index (χ4v) is 1.31. The van der Waals surface area contributed by atoms with Crippen LogP contribution < -0.4 is 0 Å². The van der Waals surface area contributed by atoms with E-state index in [4.69, 9.17) is 16.3 Å². The molecule has 0 saturated carbocycles. The van der Waals surface area contributed by atoms with Crippen LogP contribution in [0.25, 0.3) is 0 Å². The predicted octanol–water partition coefficient (Wildman–Crippen LogP) is 3.46. The number of halogens is 1. The second-order valence-electron chi connectivity index (χ2n) is 3.07. The Bertz CT molecular complexity index is 330. The molecule has 0 bridgehead atoms. The third-order valence-electron chi connectivity index (χ3n) is 1.95. The zero-order valence-corrected chi connectivity index (χ0v) is 9.17. The highest BCUT2D eigenvalue weighted by molar-refractivity contribution is 6.30. The van der Waals surface area contributed by atoms with Gasteiger partial charge in [-0.25, -0.2) is 0 Å². The molecule has 0 aromatic heterocycles. The van der Waals surface area contributed by atoms with E-state index in [0.29, 0.717) is 30.0 Å². The van der Waals surface area contributed by atoms with Crippen molar-refractivity contribution >= 4 is 17.4 Å². The molecular formula is C12H13ClO2. The van der Waals surface area contributed by atoms with E-state index in [1.165, 1.54) is 6.26 Å². The number of hydrogen-bond acceptors (Lipinski definition) is 2. The lowest BCUT2D eigenvalue weighted by molar-refractivity contribution is 0.0969. The molecule has 0 heterocycles. The summed E-state index contributed by atoms with van der Waals surface area (Å²) in [6.07, 6.45) is 2.57. The van der Waals surface area contributed by atoms with Crippen LogP contribution in [0.2, 0.25) is 5.02 Å². The summed E-state index contributed by atoms with van der Waals surface area (Å²) in [5, 5.41) is 0.640. The molecule has 0 atom stereocenters. The summed E-state index contributed by atoms with van der Waals surface area (Å²) in [5.74, 6) is 0.110. The Morgan fingerprint density at radius 2 is 2.07 bits per heavy atom. The summed E-state index contributed by atoms with van der Waals surface area (Å²) in [5.41, 5.74) is 0.693. The van der Waals surface area contributed by atoms with Gasteiger partial charge in [0.05, 0.1) is 12.9 Å². The highest BCUT2D eigenvalue weighted by atomic mass is 35.5. The van der Waals surface area contributed by atoms with E-state index in [2.05, 4.69) is 6.58 Å². The summed E-state index contributed by atoms with van der Waals surface area (Å²) in [6.45, 7) is 3.95. The molecule has 15 heavy (non-hydrogen) atoms. The number of carbonyl (C=O) groups excluding carboxylic acids is 1. The second-order valence-corrected chi connectivity index (χ2v) is 3.51. The molecule has 0 aliphatic rings. The van der Waals surface area contributed by atoms with Crippen LogP contribution >= 0.6 is 11.6 Å². The number of ether oxygens (including phenoxy) is 1. The van der Waals surface area contributed by atoms with Crippen LogP contribution in [0.1, 0.15) is 23.2 Å². The van der Waals surface area contributed by atoms with Crippen molar-refractivity contribution in [3.8, 4) is 0 Å². The molecule has 0 unspecified atom stereocenters. The van der Waals surface area contributed by atoms with Crippen molar-refractivity contribution in [1.82, 2.24) is 0 Å². The Labute approximate surface area is 94.5 Å². The van der Waals surface area contributed by atoms with E-state index in [9.17, 15) is 4.79 Å². The van der Waals surface area contributed by atoms with E-state index >= 15 is 0 Å². The zero-order chi connectivity index (χ0) is 11.1.